The third kappa shape index (κ3) is 8.38. The van der Waals surface area contributed by atoms with Crippen LogP contribution in [0.15, 0.2) is 58.5 Å². The highest BCUT2D eigenvalue weighted by Crippen LogP contribution is 2.28. The van der Waals surface area contributed by atoms with Crippen molar-refractivity contribution in [1.82, 2.24) is 20.4 Å². The van der Waals surface area contributed by atoms with Crippen LogP contribution >= 0.6 is 0 Å². The van der Waals surface area contributed by atoms with Crippen molar-refractivity contribution < 1.29 is 24.2 Å². The number of carbonyl (C=O) groups excluding carboxylic acids is 1. The maximum atomic E-state index is 12.8. The Morgan fingerprint density at radius 1 is 1.16 bits per heavy atom. The van der Waals surface area contributed by atoms with Crippen molar-refractivity contribution in [3.8, 4) is 5.75 Å². The lowest BCUT2D eigenvalue weighted by molar-refractivity contribution is -0.136. The van der Waals surface area contributed by atoms with Crippen LogP contribution < -0.4 is 21.1 Å². The van der Waals surface area contributed by atoms with Crippen molar-refractivity contribution in [2.45, 2.75) is 70.0 Å². The number of amidine groups is 1. The molecule has 0 radical (unpaired) electrons. The van der Waals surface area contributed by atoms with Crippen LogP contribution in [0.1, 0.15) is 49.3 Å². The van der Waals surface area contributed by atoms with Crippen molar-refractivity contribution in [2.75, 3.05) is 33.4 Å². The molecule has 12 nitrogen and oxygen atoms in total. The molecule has 242 valence electrons. The molecule has 0 aliphatic carbocycles. The lowest BCUT2D eigenvalue weighted by Gasteiger charge is -2.39. The molecule has 2 amide bonds. The first-order valence-electron chi connectivity index (χ1n) is 15.8. The number of aliphatic imine (C=N–C) groups is 2. The Bertz CT molecular complexity index is 1380. The van der Waals surface area contributed by atoms with Gasteiger partial charge < -0.3 is 30.9 Å². The average molecular weight is 620 g/mol. The highest BCUT2D eigenvalue weighted by molar-refractivity contribution is 5.95. The fourth-order valence-corrected chi connectivity index (χ4v) is 6.16. The second kappa shape index (κ2) is 14.9. The Kier molecular flexibility index (Phi) is 10.7. The maximum absolute atomic E-state index is 12.8. The zero-order valence-electron chi connectivity index (χ0n) is 26.2. The van der Waals surface area contributed by atoms with E-state index in [-0.39, 0.29) is 24.6 Å². The molecule has 0 bridgehead atoms. The van der Waals surface area contributed by atoms with Crippen molar-refractivity contribution >= 4 is 24.2 Å². The summed E-state index contributed by atoms with van der Waals surface area (Å²) in [6.07, 6.45) is 6.14. The summed E-state index contributed by atoms with van der Waals surface area (Å²) in [5.41, 5.74) is 8.27. The molecule has 4 unspecified atom stereocenters. The zero-order valence-corrected chi connectivity index (χ0v) is 26.2. The third-order valence-corrected chi connectivity index (χ3v) is 8.61. The van der Waals surface area contributed by atoms with Crippen molar-refractivity contribution in [2.24, 2.45) is 21.6 Å². The monoisotopic (exact) mass is 619 g/mol. The van der Waals surface area contributed by atoms with E-state index in [1.165, 1.54) is 11.8 Å². The van der Waals surface area contributed by atoms with Crippen LogP contribution in [0.4, 0.5) is 4.79 Å². The Labute approximate surface area is 264 Å². The predicted molar refractivity (Wildman–Crippen MR) is 172 cm³/mol. The standard InChI is InChI=1S/C33H45N7O5/c1-3-4-15-45-31-36-22-33(34)30(37-31)40(32(43)38-33)21-24-10-8-23(9-11-24)17-26-12-13-39(28(19-26)35-2)14-16-44-27-7-5-6-25(18-27)20-29(41)42/h5-11,18,22,26,28,30,35H,3-4,12-17,19-21,34H2,1-2H3,(H,38,43)(H,41,42). The minimum absolute atomic E-state index is 0.0130. The molecule has 12 heteroatoms. The van der Waals surface area contributed by atoms with Gasteiger partial charge in [0, 0.05) is 19.6 Å². The van der Waals surface area contributed by atoms with Crippen LogP contribution in [0.2, 0.25) is 0 Å². The molecule has 3 heterocycles. The van der Waals surface area contributed by atoms with Gasteiger partial charge in [0.2, 0.25) is 0 Å². The number of nitrogens with one attached hydrogen (secondary N) is 2. The molecular formula is C33H45N7O5. The van der Waals surface area contributed by atoms with Gasteiger partial charge in [-0.3, -0.25) is 14.6 Å². The SMILES string of the molecule is CCCCOC1=NC2N(Cc3ccc(CC4CCN(CCOc5cccc(CC(=O)O)c5)C(NC)C4)cc3)C(=O)NC2(N)C=N1. The van der Waals surface area contributed by atoms with Crippen LogP contribution in [0, 0.1) is 5.92 Å². The van der Waals surface area contributed by atoms with E-state index in [1.54, 1.807) is 17.0 Å². The third-order valence-electron chi connectivity index (χ3n) is 8.61. The fourth-order valence-electron chi connectivity index (χ4n) is 6.16. The summed E-state index contributed by atoms with van der Waals surface area (Å²) >= 11 is 0. The number of urea groups is 1. The van der Waals surface area contributed by atoms with Crippen LogP contribution in [-0.2, 0) is 28.9 Å². The topological polar surface area (TPSA) is 154 Å². The van der Waals surface area contributed by atoms with Gasteiger partial charge in [0.05, 0.1) is 25.4 Å². The van der Waals surface area contributed by atoms with Crippen molar-refractivity contribution in [1.29, 1.82) is 0 Å². The molecule has 5 N–H and O–H groups in total. The van der Waals surface area contributed by atoms with E-state index < -0.39 is 17.8 Å². The molecule has 0 spiro atoms. The van der Waals surface area contributed by atoms with Crippen LogP contribution in [0.25, 0.3) is 0 Å². The number of likely N-dealkylation sites (tertiary alicyclic amines) is 1. The van der Waals surface area contributed by atoms with Crippen LogP contribution in [0.3, 0.4) is 0 Å². The van der Waals surface area contributed by atoms with Gasteiger partial charge in [0.25, 0.3) is 0 Å². The summed E-state index contributed by atoms with van der Waals surface area (Å²) in [6, 6.07) is 15.7. The number of hydrogen-bond acceptors (Lipinski definition) is 9. The Morgan fingerprint density at radius 2 is 1.96 bits per heavy atom. The normalized spacial score (nSPS) is 24.6. The summed E-state index contributed by atoms with van der Waals surface area (Å²) in [4.78, 5) is 36.7. The lowest BCUT2D eigenvalue weighted by atomic mass is 9.88. The second-order valence-corrected chi connectivity index (χ2v) is 12.1. The summed E-state index contributed by atoms with van der Waals surface area (Å²) in [6.45, 7) is 5.28. The maximum Gasteiger partial charge on any atom is 0.321 e. The van der Waals surface area contributed by atoms with Gasteiger partial charge in [-0.1, -0.05) is 49.7 Å². The highest BCUT2D eigenvalue weighted by Gasteiger charge is 2.50. The second-order valence-electron chi connectivity index (χ2n) is 12.1. The quantitative estimate of drug-likeness (QED) is 0.236. The molecule has 2 aromatic rings. The number of aliphatic carboxylic acids is 1. The first-order chi connectivity index (χ1) is 21.8. The van der Waals surface area contributed by atoms with Gasteiger partial charge in [-0.2, -0.15) is 0 Å². The molecule has 2 fully saturated rings. The molecule has 4 atom stereocenters. The first-order valence-corrected chi connectivity index (χ1v) is 15.8. The van der Waals surface area contributed by atoms with E-state index in [0.29, 0.717) is 31.4 Å². The number of unbranched alkanes of at least 4 members (excludes halogenated alkanes) is 1. The smallest absolute Gasteiger partial charge is 0.321 e. The lowest BCUT2D eigenvalue weighted by Crippen LogP contribution is -2.60. The number of ether oxygens (including phenoxy) is 2. The van der Waals surface area contributed by atoms with E-state index in [2.05, 4.69) is 56.7 Å². The predicted octanol–water partition coefficient (Wildman–Crippen LogP) is 2.96. The molecule has 3 aliphatic rings. The number of nitrogens with zero attached hydrogens (tertiary/aromatic N) is 4. The molecule has 2 saturated heterocycles. The number of rotatable bonds is 14. The van der Waals surface area contributed by atoms with Crippen molar-refractivity contribution in [3.63, 3.8) is 0 Å². The van der Waals surface area contributed by atoms with E-state index in [1.807, 2.05) is 19.2 Å². The Balaban J connectivity index is 1.10. The van der Waals surface area contributed by atoms with E-state index in [4.69, 9.17) is 20.3 Å². The summed E-state index contributed by atoms with van der Waals surface area (Å²) in [5, 5.41) is 15.3. The highest BCUT2D eigenvalue weighted by atomic mass is 16.5. The molecule has 45 heavy (non-hydrogen) atoms. The summed E-state index contributed by atoms with van der Waals surface area (Å²) in [5.74, 6) is 0.388. The number of nitrogens with two attached hydrogens (primary N) is 1. The number of carbonyl (C=O) groups is 2. The first kappa shape index (κ1) is 32.4. The minimum Gasteiger partial charge on any atom is -0.492 e. The number of hydrogen-bond donors (Lipinski definition) is 4. The van der Waals surface area contributed by atoms with E-state index >= 15 is 0 Å². The number of benzene rings is 2. The molecule has 2 aromatic carbocycles. The molecule has 5 rings (SSSR count). The molecule has 0 aromatic heterocycles. The van der Waals surface area contributed by atoms with Gasteiger partial charge >= 0.3 is 18.0 Å². The fraction of sp³-hybridized carbons (Fsp3) is 0.515. The number of amides is 2. The number of carboxylic acids is 1. The Hall–Kier alpha value is -4.00. The minimum atomic E-state index is -1.16. The summed E-state index contributed by atoms with van der Waals surface area (Å²) in [7, 11) is 2.00. The van der Waals surface area contributed by atoms with Gasteiger partial charge in [0.15, 0.2) is 11.8 Å². The van der Waals surface area contributed by atoms with Gasteiger partial charge in [-0.15, -0.1) is 0 Å². The van der Waals surface area contributed by atoms with Gasteiger partial charge in [-0.25, -0.2) is 14.8 Å². The summed E-state index contributed by atoms with van der Waals surface area (Å²) < 4.78 is 11.6. The number of fused-ring (bicyclic) bond motifs is 1. The van der Waals surface area contributed by atoms with Gasteiger partial charge in [0.1, 0.15) is 12.4 Å². The average Bonchev–Trinajstić information content (AvgIpc) is 3.27. The van der Waals surface area contributed by atoms with Crippen LogP contribution in [0.5, 0.6) is 5.75 Å². The van der Waals surface area contributed by atoms with Crippen molar-refractivity contribution in [3.05, 3.63) is 65.2 Å². The molecule has 3 aliphatic heterocycles. The Morgan fingerprint density at radius 3 is 2.71 bits per heavy atom. The van der Waals surface area contributed by atoms with Gasteiger partial charge in [-0.05, 0) is 67.5 Å². The molecular weight excluding hydrogens is 574 g/mol. The largest absolute Gasteiger partial charge is 0.492 e. The zero-order chi connectivity index (χ0) is 31.8. The van der Waals surface area contributed by atoms with E-state index in [9.17, 15) is 9.59 Å². The molecule has 0 saturated carbocycles. The van der Waals surface area contributed by atoms with E-state index in [0.717, 1.165) is 56.3 Å². The van der Waals surface area contributed by atoms with Crippen LogP contribution in [-0.4, -0.2) is 90.5 Å². The number of piperidine rings is 1. The number of carboxylic acid groups (broad SMARTS) is 1.